The number of hydrogen-bond donors (Lipinski definition) is 0. The Labute approximate surface area is 83.2 Å². The number of benzene rings is 1. The van der Waals surface area contributed by atoms with E-state index in [0.29, 0.717) is 0 Å². The van der Waals surface area contributed by atoms with Crippen molar-refractivity contribution in [2.45, 2.75) is 6.42 Å². The van der Waals surface area contributed by atoms with Crippen molar-refractivity contribution < 1.29 is 0 Å². The fourth-order valence-electron chi connectivity index (χ4n) is 1.91. The molecule has 0 N–H and O–H groups in total. The smallest absolute Gasteiger partial charge is 0.0722 e. The first-order valence-electron chi connectivity index (χ1n) is 5.04. The average Bonchev–Trinajstić information content (AvgIpc) is 2.16. The minimum Gasteiger partial charge on any atom is -0.371 e. The van der Waals surface area contributed by atoms with E-state index in [2.05, 4.69) is 34.1 Å². The SMILES string of the molecule is c1ccc2c(N3CCC3)ccnc2c1. The number of anilines is 1. The normalized spacial score (nSPS) is 15.6. The van der Waals surface area contributed by atoms with E-state index in [4.69, 9.17) is 0 Å². The van der Waals surface area contributed by atoms with Crippen LogP contribution in [-0.4, -0.2) is 18.1 Å². The highest BCUT2D eigenvalue weighted by molar-refractivity contribution is 5.91. The Bertz CT molecular complexity index is 455. The van der Waals surface area contributed by atoms with Crippen LogP contribution >= 0.6 is 0 Å². The molecule has 2 aromatic rings. The second kappa shape index (κ2) is 2.98. The Morgan fingerprint density at radius 1 is 1.07 bits per heavy atom. The highest BCUT2D eigenvalue weighted by Crippen LogP contribution is 2.27. The molecule has 0 radical (unpaired) electrons. The third-order valence-corrected chi connectivity index (χ3v) is 2.82. The Morgan fingerprint density at radius 2 is 1.93 bits per heavy atom. The molecule has 1 aliphatic rings. The van der Waals surface area contributed by atoms with Gasteiger partial charge in [0.2, 0.25) is 0 Å². The highest BCUT2D eigenvalue weighted by Gasteiger charge is 2.16. The summed E-state index contributed by atoms with van der Waals surface area (Å²) in [5.74, 6) is 0. The van der Waals surface area contributed by atoms with Gasteiger partial charge in [-0.3, -0.25) is 4.98 Å². The number of nitrogens with zero attached hydrogens (tertiary/aromatic N) is 2. The van der Waals surface area contributed by atoms with Crippen LogP contribution in [0.5, 0.6) is 0 Å². The molecule has 0 atom stereocenters. The molecule has 1 aromatic heterocycles. The van der Waals surface area contributed by atoms with Gasteiger partial charge in [0.25, 0.3) is 0 Å². The van der Waals surface area contributed by atoms with Crippen molar-refractivity contribution in [2.24, 2.45) is 0 Å². The summed E-state index contributed by atoms with van der Waals surface area (Å²) in [6.07, 6.45) is 3.21. The number of para-hydroxylation sites is 1. The summed E-state index contributed by atoms with van der Waals surface area (Å²) in [6.45, 7) is 2.38. The summed E-state index contributed by atoms with van der Waals surface area (Å²) in [5, 5.41) is 1.27. The van der Waals surface area contributed by atoms with Gasteiger partial charge in [0.15, 0.2) is 0 Å². The lowest BCUT2D eigenvalue weighted by atomic mass is 10.1. The van der Waals surface area contributed by atoms with Gasteiger partial charge < -0.3 is 4.90 Å². The second-order valence-corrected chi connectivity index (χ2v) is 3.69. The third-order valence-electron chi connectivity index (χ3n) is 2.82. The van der Waals surface area contributed by atoms with Crippen LogP contribution in [0.2, 0.25) is 0 Å². The van der Waals surface area contributed by atoms with E-state index in [-0.39, 0.29) is 0 Å². The first kappa shape index (κ1) is 7.80. The van der Waals surface area contributed by atoms with Crippen molar-refractivity contribution in [1.29, 1.82) is 0 Å². The molecule has 0 bridgehead atoms. The first-order chi connectivity index (χ1) is 6.95. The molecule has 2 nitrogen and oxygen atoms in total. The van der Waals surface area contributed by atoms with E-state index in [0.717, 1.165) is 5.52 Å². The molecule has 2 heteroatoms. The summed E-state index contributed by atoms with van der Waals surface area (Å²) < 4.78 is 0. The predicted octanol–water partition coefficient (Wildman–Crippen LogP) is 2.44. The standard InChI is InChI=1S/C12H12N2/c1-2-5-11-10(4-1)12(6-7-13-11)14-8-3-9-14/h1-2,4-7H,3,8-9H2. The number of aromatic nitrogens is 1. The number of hydrogen-bond acceptors (Lipinski definition) is 2. The summed E-state index contributed by atoms with van der Waals surface area (Å²) >= 11 is 0. The molecule has 2 heterocycles. The largest absolute Gasteiger partial charge is 0.371 e. The lowest BCUT2D eigenvalue weighted by molar-refractivity contribution is 0.619. The van der Waals surface area contributed by atoms with Crippen LogP contribution in [0.25, 0.3) is 10.9 Å². The average molecular weight is 184 g/mol. The molecule has 0 spiro atoms. The van der Waals surface area contributed by atoms with Gasteiger partial charge in [-0.15, -0.1) is 0 Å². The molecule has 0 aliphatic carbocycles. The molecule has 0 unspecified atom stereocenters. The van der Waals surface area contributed by atoms with E-state index in [1.54, 1.807) is 0 Å². The van der Waals surface area contributed by atoms with Crippen molar-refractivity contribution in [3.05, 3.63) is 36.5 Å². The zero-order valence-electron chi connectivity index (χ0n) is 7.98. The quantitative estimate of drug-likeness (QED) is 0.676. The van der Waals surface area contributed by atoms with Gasteiger partial charge in [0.05, 0.1) is 5.52 Å². The summed E-state index contributed by atoms with van der Waals surface area (Å²) in [4.78, 5) is 6.76. The second-order valence-electron chi connectivity index (χ2n) is 3.69. The third kappa shape index (κ3) is 1.07. The molecule has 14 heavy (non-hydrogen) atoms. The van der Waals surface area contributed by atoms with Crippen LogP contribution in [0.15, 0.2) is 36.5 Å². The highest BCUT2D eigenvalue weighted by atomic mass is 15.2. The topological polar surface area (TPSA) is 16.1 Å². The molecule has 1 saturated heterocycles. The molecule has 0 saturated carbocycles. The zero-order valence-corrected chi connectivity index (χ0v) is 7.98. The molecule has 1 aromatic carbocycles. The van der Waals surface area contributed by atoms with Crippen molar-refractivity contribution in [3.63, 3.8) is 0 Å². The fourth-order valence-corrected chi connectivity index (χ4v) is 1.91. The van der Waals surface area contributed by atoms with Crippen molar-refractivity contribution in [2.75, 3.05) is 18.0 Å². The Balaban J connectivity index is 2.22. The van der Waals surface area contributed by atoms with Gasteiger partial charge in [-0.05, 0) is 18.6 Å². The lowest BCUT2D eigenvalue weighted by Gasteiger charge is -2.33. The van der Waals surface area contributed by atoms with Gasteiger partial charge in [-0.25, -0.2) is 0 Å². The predicted molar refractivity (Wildman–Crippen MR) is 58.6 cm³/mol. The maximum absolute atomic E-state index is 4.36. The minimum atomic E-state index is 1.09. The van der Waals surface area contributed by atoms with E-state index in [1.165, 1.54) is 30.6 Å². The summed E-state index contributed by atoms with van der Waals surface area (Å²) in [6, 6.07) is 10.4. The summed E-state index contributed by atoms with van der Waals surface area (Å²) in [7, 11) is 0. The minimum absolute atomic E-state index is 1.09. The van der Waals surface area contributed by atoms with E-state index >= 15 is 0 Å². The van der Waals surface area contributed by atoms with E-state index in [1.807, 2.05) is 12.3 Å². The van der Waals surface area contributed by atoms with Crippen LogP contribution < -0.4 is 4.90 Å². The Hall–Kier alpha value is -1.57. The molecule has 0 amide bonds. The van der Waals surface area contributed by atoms with Gasteiger partial charge in [0.1, 0.15) is 0 Å². The Kier molecular flexibility index (Phi) is 1.66. The first-order valence-corrected chi connectivity index (χ1v) is 5.04. The van der Waals surface area contributed by atoms with Crippen LogP contribution in [0, 0.1) is 0 Å². The monoisotopic (exact) mass is 184 g/mol. The summed E-state index contributed by atoms with van der Waals surface area (Å²) in [5.41, 5.74) is 2.43. The van der Waals surface area contributed by atoms with Crippen LogP contribution in [0.4, 0.5) is 5.69 Å². The van der Waals surface area contributed by atoms with Crippen molar-refractivity contribution in [1.82, 2.24) is 4.98 Å². The molecule has 1 aliphatic heterocycles. The van der Waals surface area contributed by atoms with E-state index in [9.17, 15) is 0 Å². The van der Waals surface area contributed by atoms with Crippen LogP contribution in [-0.2, 0) is 0 Å². The van der Waals surface area contributed by atoms with Crippen LogP contribution in [0.3, 0.4) is 0 Å². The number of rotatable bonds is 1. The van der Waals surface area contributed by atoms with Gasteiger partial charge in [-0.2, -0.15) is 0 Å². The number of fused-ring (bicyclic) bond motifs is 1. The van der Waals surface area contributed by atoms with Crippen molar-refractivity contribution >= 4 is 16.6 Å². The fraction of sp³-hybridized carbons (Fsp3) is 0.250. The van der Waals surface area contributed by atoms with Gasteiger partial charge in [0, 0.05) is 30.4 Å². The van der Waals surface area contributed by atoms with Gasteiger partial charge in [-0.1, -0.05) is 18.2 Å². The van der Waals surface area contributed by atoms with Gasteiger partial charge >= 0.3 is 0 Å². The molecular weight excluding hydrogens is 172 g/mol. The molecular formula is C12H12N2. The van der Waals surface area contributed by atoms with Crippen LogP contribution in [0.1, 0.15) is 6.42 Å². The molecule has 1 fully saturated rings. The Morgan fingerprint density at radius 3 is 2.71 bits per heavy atom. The maximum Gasteiger partial charge on any atom is 0.0722 e. The molecule has 3 rings (SSSR count). The lowest BCUT2D eigenvalue weighted by Crippen LogP contribution is -2.37. The number of pyridine rings is 1. The maximum atomic E-state index is 4.36. The zero-order chi connectivity index (χ0) is 9.38. The molecule has 70 valence electrons. The van der Waals surface area contributed by atoms with E-state index < -0.39 is 0 Å². The van der Waals surface area contributed by atoms with Crippen molar-refractivity contribution in [3.8, 4) is 0 Å².